The van der Waals surface area contributed by atoms with Gasteiger partial charge in [0, 0.05) is 17.7 Å². The molecule has 0 bridgehead atoms. The van der Waals surface area contributed by atoms with E-state index in [9.17, 15) is 20.0 Å². The molecule has 2 aromatic rings. The number of aromatic hydroxyl groups is 1. The Kier molecular flexibility index (Phi) is 3.75. The number of hydrogen-bond acceptors (Lipinski definition) is 5. The lowest BCUT2D eigenvalue weighted by Crippen LogP contribution is -2.12. The molecule has 1 amide bonds. The van der Waals surface area contributed by atoms with Crippen LogP contribution in [0.1, 0.15) is 15.9 Å². The zero-order valence-electron chi connectivity index (χ0n) is 11.1. The minimum Gasteiger partial charge on any atom is -0.508 e. The highest BCUT2D eigenvalue weighted by Crippen LogP contribution is 2.33. The van der Waals surface area contributed by atoms with Crippen LogP contribution in [0.3, 0.4) is 0 Å². The van der Waals surface area contributed by atoms with Crippen LogP contribution in [0.25, 0.3) is 0 Å². The van der Waals surface area contributed by atoms with Crippen LogP contribution in [-0.4, -0.2) is 15.9 Å². The van der Waals surface area contributed by atoms with E-state index in [-0.39, 0.29) is 22.7 Å². The summed E-state index contributed by atoms with van der Waals surface area (Å²) in [4.78, 5) is 21.5. The summed E-state index contributed by atoms with van der Waals surface area (Å²) in [7, 11) is 0. The summed E-state index contributed by atoms with van der Waals surface area (Å²) in [6.45, 7) is 1.64. The third-order valence-electron chi connectivity index (χ3n) is 2.91. The number of nitro benzene ring substituents is 1. The first-order valence-corrected chi connectivity index (χ1v) is 5.95. The molecule has 0 spiro atoms. The average Bonchev–Trinajstić information content (AvgIpc) is 2.43. The van der Waals surface area contributed by atoms with Crippen molar-refractivity contribution in [3.05, 3.63) is 57.6 Å². The van der Waals surface area contributed by atoms with Gasteiger partial charge in [0.2, 0.25) is 0 Å². The largest absolute Gasteiger partial charge is 0.508 e. The van der Waals surface area contributed by atoms with Crippen molar-refractivity contribution < 1.29 is 19.6 Å². The second kappa shape index (κ2) is 5.49. The highest BCUT2D eigenvalue weighted by molar-refractivity contribution is 5.96. The van der Waals surface area contributed by atoms with Crippen LogP contribution in [-0.2, 0) is 0 Å². The first-order valence-electron chi connectivity index (χ1n) is 5.95. The Hall–Kier alpha value is -3.09. The van der Waals surface area contributed by atoms with Crippen molar-refractivity contribution in [3.63, 3.8) is 0 Å². The van der Waals surface area contributed by atoms with E-state index in [4.69, 9.17) is 10.5 Å². The van der Waals surface area contributed by atoms with Gasteiger partial charge in [0.1, 0.15) is 17.2 Å². The minimum absolute atomic E-state index is 0.0371. The van der Waals surface area contributed by atoms with Crippen LogP contribution in [0.5, 0.6) is 17.2 Å². The van der Waals surface area contributed by atoms with Gasteiger partial charge in [-0.2, -0.15) is 0 Å². The number of primary amides is 1. The first-order chi connectivity index (χ1) is 9.90. The SMILES string of the molecule is Cc1c(O)cccc1Oc1ccc([N+](=O)[O-])cc1C(N)=O. The molecule has 0 heterocycles. The molecule has 0 saturated heterocycles. The van der Waals surface area contributed by atoms with Crippen molar-refractivity contribution >= 4 is 11.6 Å². The molecule has 2 rings (SSSR count). The Bertz CT molecular complexity index is 727. The third-order valence-corrected chi connectivity index (χ3v) is 2.91. The minimum atomic E-state index is -0.841. The van der Waals surface area contributed by atoms with E-state index < -0.39 is 10.8 Å². The van der Waals surface area contributed by atoms with Gasteiger partial charge in [-0.25, -0.2) is 0 Å². The number of nitrogens with zero attached hydrogens (tertiary/aromatic N) is 1. The van der Waals surface area contributed by atoms with E-state index in [1.54, 1.807) is 19.1 Å². The molecule has 0 radical (unpaired) electrons. The number of nitro groups is 1. The number of carbonyl (C=O) groups is 1. The highest BCUT2D eigenvalue weighted by Gasteiger charge is 2.17. The van der Waals surface area contributed by atoms with Crippen molar-refractivity contribution in [3.8, 4) is 17.2 Å². The van der Waals surface area contributed by atoms with Crippen LogP contribution < -0.4 is 10.5 Å². The molecule has 0 aliphatic rings. The number of hydrogen-bond donors (Lipinski definition) is 2. The first kappa shape index (κ1) is 14.3. The van der Waals surface area contributed by atoms with Crippen LogP contribution in [0.4, 0.5) is 5.69 Å². The lowest BCUT2D eigenvalue weighted by molar-refractivity contribution is -0.384. The Balaban J connectivity index is 2.46. The summed E-state index contributed by atoms with van der Waals surface area (Å²) in [6.07, 6.45) is 0. The van der Waals surface area contributed by atoms with Crippen molar-refractivity contribution in [1.29, 1.82) is 0 Å². The average molecular weight is 288 g/mol. The topological polar surface area (TPSA) is 116 Å². The van der Waals surface area contributed by atoms with Crippen LogP contribution in [0.15, 0.2) is 36.4 Å². The molecule has 3 N–H and O–H groups in total. The van der Waals surface area contributed by atoms with Crippen LogP contribution in [0, 0.1) is 17.0 Å². The standard InChI is InChI=1S/C14H12N2O5/c1-8-11(17)3-2-4-12(8)21-13-6-5-9(16(19)20)7-10(13)14(15)18/h2-7,17H,1H3,(H2,15,18). The number of non-ortho nitro benzene ring substituents is 1. The van der Waals surface area contributed by atoms with E-state index in [1.807, 2.05) is 0 Å². The molecule has 21 heavy (non-hydrogen) atoms. The molecule has 0 aliphatic carbocycles. The molecule has 108 valence electrons. The number of benzene rings is 2. The fraction of sp³-hybridized carbons (Fsp3) is 0.0714. The molecular weight excluding hydrogens is 276 g/mol. The summed E-state index contributed by atoms with van der Waals surface area (Å²) in [5, 5.41) is 20.3. The van der Waals surface area contributed by atoms with Gasteiger partial charge in [0.15, 0.2) is 0 Å². The molecule has 7 heteroatoms. The summed E-state index contributed by atoms with van der Waals surface area (Å²) < 4.78 is 5.53. The molecule has 7 nitrogen and oxygen atoms in total. The summed E-state index contributed by atoms with van der Waals surface area (Å²) in [6, 6.07) is 8.22. The van der Waals surface area contributed by atoms with Gasteiger partial charge in [0.05, 0.1) is 10.5 Å². The van der Waals surface area contributed by atoms with Gasteiger partial charge >= 0.3 is 0 Å². The van der Waals surface area contributed by atoms with Crippen LogP contribution in [0.2, 0.25) is 0 Å². The van der Waals surface area contributed by atoms with Gasteiger partial charge in [-0.3, -0.25) is 14.9 Å². The predicted octanol–water partition coefficient (Wildman–Crippen LogP) is 2.50. The van der Waals surface area contributed by atoms with Gasteiger partial charge in [-0.1, -0.05) is 6.07 Å². The van der Waals surface area contributed by atoms with Crippen molar-refractivity contribution in [2.24, 2.45) is 5.73 Å². The maximum absolute atomic E-state index is 11.4. The van der Waals surface area contributed by atoms with E-state index in [0.29, 0.717) is 11.3 Å². The third kappa shape index (κ3) is 2.92. The molecule has 0 atom stereocenters. The lowest BCUT2D eigenvalue weighted by atomic mass is 10.1. The second-order valence-electron chi connectivity index (χ2n) is 4.30. The maximum Gasteiger partial charge on any atom is 0.270 e. The number of phenols is 1. The number of rotatable bonds is 4. The van der Waals surface area contributed by atoms with Crippen molar-refractivity contribution in [2.45, 2.75) is 6.92 Å². The number of amides is 1. The normalized spacial score (nSPS) is 10.1. The van der Waals surface area contributed by atoms with Crippen LogP contribution >= 0.6 is 0 Å². The van der Waals surface area contributed by atoms with Crippen molar-refractivity contribution in [1.82, 2.24) is 0 Å². The van der Waals surface area contributed by atoms with Gasteiger partial charge in [-0.05, 0) is 25.1 Å². The number of phenolic OH excluding ortho intramolecular Hbond substituents is 1. The van der Waals surface area contributed by atoms with E-state index in [0.717, 1.165) is 6.07 Å². The Morgan fingerprint density at radius 2 is 2.00 bits per heavy atom. The molecule has 0 unspecified atom stereocenters. The molecular formula is C14H12N2O5. The number of ether oxygens (including phenoxy) is 1. The summed E-state index contributed by atoms with van der Waals surface area (Å²) in [5.41, 5.74) is 5.33. The maximum atomic E-state index is 11.4. The zero-order valence-corrected chi connectivity index (χ0v) is 11.1. The fourth-order valence-electron chi connectivity index (χ4n) is 1.74. The molecule has 0 saturated carbocycles. The fourth-order valence-corrected chi connectivity index (χ4v) is 1.74. The van der Waals surface area contributed by atoms with Gasteiger partial charge < -0.3 is 15.6 Å². The molecule has 2 aromatic carbocycles. The summed E-state index contributed by atoms with van der Waals surface area (Å²) >= 11 is 0. The monoisotopic (exact) mass is 288 g/mol. The van der Waals surface area contributed by atoms with Crippen molar-refractivity contribution in [2.75, 3.05) is 0 Å². The zero-order chi connectivity index (χ0) is 15.6. The van der Waals surface area contributed by atoms with E-state index in [1.165, 1.54) is 18.2 Å². The number of nitrogens with two attached hydrogens (primary N) is 1. The quantitative estimate of drug-likeness (QED) is 0.662. The van der Waals surface area contributed by atoms with Gasteiger partial charge in [0.25, 0.3) is 11.6 Å². The summed E-state index contributed by atoms with van der Waals surface area (Å²) in [5.74, 6) is -0.394. The van der Waals surface area contributed by atoms with Gasteiger partial charge in [-0.15, -0.1) is 0 Å². The Morgan fingerprint density at radius 1 is 1.29 bits per heavy atom. The molecule has 0 aromatic heterocycles. The number of carbonyl (C=O) groups excluding carboxylic acids is 1. The lowest BCUT2D eigenvalue weighted by Gasteiger charge is -2.12. The smallest absolute Gasteiger partial charge is 0.270 e. The second-order valence-corrected chi connectivity index (χ2v) is 4.30. The molecule has 0 fully saturated rings. The van der Waals surface area contributed by atoms with E-state index >= 15 is 0 Å². The highest BCUT2D eigenvalue weighted by atomic mass is 16.6. The predicted molar refractivity (Wildman–Crippen MR) is 74.5 cm³/mol. The Morgan fingerprint density at radius 3 is 2.62 bits per heavy atom. The molecule has 0 aliphatic heterocycles. The Labute approximate surface area is 119 Å². The van der Waals surface area contributed by atoms with E-state index in [2.05, 4.69) is 0 Å².